The van der Waals surface area contributed by atoms with Crippen LogP contribution in [0, 0.1) is 0 Å². The Balaban J connectivity index is 1.14. The Morgan fingerprint density at radius 1 is 1.15 bits per heavy atom. The van der Waals surface area contributed by atoms with Gasteiger partial charge in [0, 0.05) is 57.2 Å². The van der Waals surface area contributed by atoms with Crippen LogP contribution in [0.1, 0.15) is 12.0 Å². The summed E-state index contributed by atoms with van der Waals surface area (Å²) in [6.07, 6.45) is 8.15. The molecule has 10 nitrogen and oxygen atoms in total. The van der Waals surface area contributed by atoms with Crippen molar-refractivity contribution in [3.63, 3.8) is 0 Å². The van der Waals surface area contributed by atoms with E-state index in [0.717, 1.165) is 48.9 Å². The monoisotopic (exact) mass is 463 g/mol. The number of fused-ring (bicyclic) bond motifs is 1. The number of benzene rings is 1. The average molecular weight is 464 g/mol. The van der Waals surface area contributed by atoms with E-state index in [2.05, 4.69) is 32.1 Å². The Morgan fingerprint density at radius 3 is 2.88 bits per heavy atom. The van der Waals surface area contributed by atoms with Crippen molar-refractivity contribution in [2.75, 3.05) is 51.3 Å². The van der Waals surface area contributed by atoms with Crippen LogP contribution in [0.2, 0.25) is 0 Å². The molecule has 34 heavy (non-hydrogen) atoms. The van der Waals surface area contributed by atoms with Crippen molar-refractivity contribution in [2.24, 2.45) is 0 Å². The molecule has 178 valence electrons. The predicted octanol–water partition coefficient (Wildman–Crippen LogP) is 1.30. The van der Waals surface area contributed by atoms with Gasteiger partial charge in [-0.3, -0.25) is 14.3 Å². The third kappa shape index (κ3) is 5.12. The largest absolute Gasteiger partial charge is 0.486 e. The van der Waals surface area contributed by atoms with Gasteiger partial charge >= 0.3 is 0 Å². The third-order valence-corrected chi connectivity index (χ3v) is 6.23. The Hall–Kier alpha value is -3.66. The van der Waals surface area contributed by atoms with E-state index in [1.165, 1.54) is 0 Å². The van der Waals surface area contributed by atoms with Crippen LogP contribution in [-0.4, -0.2) is 82.8 Å². The molecule has 0 radical (unpaired) electrons. The molecule has 1 N–H and O–H groups in total. The lowest BCUT2D eigenvalue weighted by Gasteiger charge is -2.39. The van der Waals surface area contributed by atoms with Crippen LogP contribution in [0.15, 0.2) is 49.2 Å². The SMILES string of the molecule is CN1CCN(c2ccnc(-n3ccnc3)n2)CC1CC(=O)NCCc1ccc2c(c1)OCCO2. The van der Waals surface area contributed by atoms with Crippen molar-refractivity contribution in [2.45, 2.75) is 18.9 Å². The fourth-order valence-electron chi connectivity index (χ4n) is 4.27. The van der Waals surface area contributed by atoms with Gasteiger partial charge < -0.3 is 19.7 Å². The van der Waals surface area contributed by atoms with Gasteiger partial charge in [-0.1, -0.05) is 6.07 Å². The summed E-state index contributed by atoms with van der Waals surface area (Å²) in [5, 5.41) is 3.07. The zero-order chi connectivity index (χ0) is 23.3. The van der Waals surface area contributed by atoms with Crippen molar-refractivity contribution < 1.29 is 14.3 Å². The summed E-state index contributed by atoms with van der Waals surface area (Å²) in [4.78, 5) is 30.3. The molecule has 2 aliphatic heterocycles. The number of anilines is 1. The van der Waals surface area contributed by atoms with E-state index in [-0.39, 0.29) is 11.9 Å². The summed E-state index contributed by atoms with van der Waals surface area (Å²) in [6, 6.07) is 7.97. The first-order chi connectivity index (χ1) is 16.7. The second-order valence-electron chi connectivity index (χ2n) is 8.55. The van der Waals surface area contributed by atoms with Gasteiger partial charge in [-0.25, -0.2) is 9.97 Å². The number of hydrogen-bond acceptors (Lipinski definition) is 8. The molecule has 0 spiro atoms. The lowest BCUT2D eigenvalue weighted by molar-refractivity contribution is -0.122. The zero-order valence-corrected chi connectivity index (χ0v) is 19.3. The Labute approximate surface area is 198 Å². The van der Waals surface area contributed by atoms with E-state index in [1.54, 1.807) is 23.3 Å². The fraction of sp³-hybridized carbons (Fsp3) is 0.417. The van der Waals surface area contributed by atoms with E-state index >= 15 is 0 Å². The van der Waals surface area contributed by atoms with Gasteiger partial charge in [-0.15, -0.1) is 0 Å². The average Bonchev–Trinajstić information content (AvgIpc) is 3.41. The van der Waals surface area contributed by atoms with Crippen molar-refractivity contribution in [1.82, 2.24) is 29.7 Å². The molecular formula is C24H29N7O3. The molecule has 3 aromatic rings. The van der Waals surface area contributed by atoms with Gasteiger partial charge in [-0.2, -0.15) is 4.98 Å². The van der Waals surface area contributed by atoms with Gasteiger partial charge in [-0.05, 0) is 37.2 Å². The summed E-state index contributed by atoms with van der Waals surface area (Å²) in [5.41, 5.74) is 1.11. The maximum Gasteiger partial charge on any atom is 0.236 e. The smallest absolute Gasteiger partial charge is 0.236 e. The number of likely N-dealkylation sites (N-methyl/N-ethyl adjacent to an activating group) is 1. The molecule has 4 heterocycles. The van der Waals surface area contributed by atoms with E-state index in [0.29, 0.717) is 32.1 Å². The summed E-state index contributed by atoms with van der Waals surface area (Å²) < 4.78 is 13.0. The number of rotatable bonds is 7. The van der Waals surface area contributed by atoms with E-state index in [1.807, 2.05) is 30.5 Å². The molecule has 1 amide bonds. The van der Waals surface area contributed by atoms with Gasteiger partial charge in [0.25, 0.3) is 0 Å². The summed E-state index contributed by atoms with van der Waals surface area (Å²) in [7, 11) is 2.07. The number of imidazole rings is 1. The minimum absolute atomic E-state index is 0.0537. The first kappa shape index (κ1) is 22.1. The molecule has 0 bridgehead atoms. The molecule has 0 aliphatic carbocycles. The van der Waals surface area contributed by atoms with Crippen molar-refractivity contribution >= 4 is 11.7 Å². The molecule has 1 unspecified atom stereocenters. The molecule has 10 heteroatoms. The van der Waals surface area contributed by atoms with Crippen molar-refractivity contribution in [3.8, 4) is 17.4 Å². The van der Waals surface area contributed by atoms with Crippen LogP contribution in [-0.2, 0) is 11.2 Å². The van der Waals surface area contributed by atoms with Gasteiger partial charge in [0.05, 0.1) is 0 Å². The first-order valence-corrected chi connectivity index (χ1v) is 11.6. The number of amides is 1. The lowest BCUT2D eigenvalue weighted by atomic mass is 10.1. The van der Waals surface area contributed by atoms with Crippen molar-refractivity contribution in [1.29, 1.82) is 0 Å². The minimum atomic E-state index is 0.0537. The quantitative estimate of drug-likeness (QED) is 0.560. The Kier molecular flexibility index (Phi) is 6.57. The van der Waals surface area contributed by atoms with E-state index < -0.39 is 0 Å². The molecule has 0 saturated carbocycles. The molecular weight excluding hydrogens is 434 g/mol. The van der Waals surface area contributed by atoms with E-state index in [9.17, 15) is 4.79 Å². The summed E-state index contributed by atoms with van der Waals surface area (Å²) in [6.45, 7) is 4.17. The maximum absolute atomic E-state index is 12.7. The first-order valence-electron chi connectivity index (χ1n) is 11.6. The molecule has 5 rings (SSSR count). The number of carbonyl (C=O) groups excluding carboxylic acids is 1. The maximum atomic E-state index is 12.7. The molecule has 2 aromatic heterocycles. The number of carbonyl (C=O) groups is 1. The highest BCUT2D eigenvalue weighted by molar-refractivity contribution is 5.76. The standard InChI is InChI=1S/C24H29N7O3/c1-29-10-11-30(22-5-7-27-24(28-22)31-9-8-25-17-31)16-19(29)15-23(32)26-6-4-18-2-3-20-21(14-18)34-13-12-33-20/h2-3,5,7-9,14,17,19H,4,6,10-13,15-16H2,1H3,(H,26,32). The second-order valence-corrected chi connectivity index (χ2v) is 8.55. The normalized spacial score (nSPS) is 18.0. The molecule has 1 fully saturated rings. The molecule has 1 aromatic carbocycles. The molecule has 2 aliphatic rings. The lowest BCUT2D eigenvalue weighted by Crippen LogP contribution is -2.53. The van der Waals surface area contributed by atoms with Crippen LogP contribution in [0.5, 0.6) is 11.5 Å². The highest BCUT2D eigenvalue weighted by Crippen LogP contribution is 2.30. The third-order valence-electron chi connectivity index (χ3n) is 6.23. The minimum Gasteiger partial charge on any atom is -0.486 e. The van der Waals surface area contributed by atoms with Crippen molar-refractivity contribution in [3.05, 3.63) is 54.7 Å². The summed E-state index contributed by atoms with van der Waals surface area (Å²) >= 11 is 0. The Morgan fingerprint density at radius 2 is 2.03 bits per heavy atom. The highest BCUT2D eigenvalue weighted by atomic mass is 16.6. The van der Waals surface area contributed by atoms with Crippen LogP contribution in [0.4, 0.5) is 5.82 Å². The number of hydrogen-bond donors (Lipinski definition) is 1. The van der Waals surface area contributed by atoms with Crippen LogP contribution in [0.3, 0.4) is 0 Å². The number of nitrogens with one attached hydrogen (secondary N) is 1. The van der Waals surface area contributed by atoms with Gasteiger partial charge in [0.1, 0.15) is 25.4 Å². The Bertz CT molecular complexity index is 1120. The number of ether oxygens (including phenoxy) is 2. The molecule has 1 atom stereocenters. The second kappa shape index (κ2) is 10.1. The highest BCUT2D eigenvalue weighted by Gasteiger charge is 2.27. The van der Waals surface area contributed by atoms with Crippen LogP contribution in [0.25, 0.3) is 5.95 Å². The topological polar surface area (TPSA) is 97.6 Å². The molecule has 1 saturated heterocycles. The number of aromatic nitrogens is 4. The number of nitrogens with zero attached hydrogens (tertiary/aromatic N) is 6. The zero-order valence-electron chi connectivity index (χ0n) is 19.3. The van der Waals surface area contributed by atoms with E-state index in [4.69, 9.17) is 14.5 Å². The number of piperazine rings is 1. The van der Waals surface area contributed by atoms with Gasteiger partial charge in [0.2, 0.25) is 11.9 Å². The predicted molar refractivity (Wildman–Crippen MR) is 127 cm³/mol. The van der Waals surface area contributed by atoms with Crippen LogP contribution >= 0.6 is 0 Å². The summed E-state index contributed by atoms with van der Waals surface area (Å²) in [5.74, 6) is 3.06. The van der Waals surface area contributed by atoms with Crippen LogP contribution < -0.4 is 19.7 Å². The fourth-order valence-corrected chi connectivity index (χ4v) is 4.27. The van der Waals surface area contributed by atoms with Gasteiger partial charge in [0.15, 0.2) is 11.5 Å².